The summed E-state index contributed by atoms with van der Waals surface area (Å²) in [6.45, 7) is 0. The first-order valence-electron chi connectivity index (χ1n) is 17.8. The van der Waals surface area contributed by atoms with Gasteiger partial charge in [0.2, 0.25) is 0 Å². The highest BCUT2D eigenvalue weighted by atomic mass is 16.3. The van der Waals surface area contributed by atoms with Crippen molar-refractivity contribution in [1.82, 2.24) is 19.5 Å². The lowest BCUT2D eigenvalue weighted by molar-refractivity contribution is 0.672. The minimum atomic E-state index is 0.621. The molecule has 1 aliphatic rings. The third-order valence-electron chi connectivity index (χ3n) is 10.4. The van der Waals surface area contributed by atoms with Gasteiger partial charge >= 0.3 is 0 Å². The summed E-state index contributed by atoms with van der Waals surface area (Å²) in [6.07, 6.45) is 6.83. The van der Waals surface area contributed by atoms with Crippen molar-refractivity contribution in [3.63, 3.8) is 0 Å². The molecule has 7 aromatic carbocycles. The van der Waals surface area contributed by atoms with Crippen LogP contribution in [0.5, 0.6) is 0 Å². The van der Waals surface area contributed by atoms with Gasteiger partial charge in [0.25, 0.3) is 0 Å². The van der Waals surface area contributed by atoms with Crippen molar-refractivity contribution in [2.75, 3.05) is 0 Å². The second-order valence-electron chi connectivity index (χ2n) is 13.5. The summed E-state index contributed by atoms with van der Waals surface area (Å²) in [4.78, 5) is 15.6. The maximum Gasteiger partial charge on any atom is 0.164 e. The Morgan fingerprint density at radius 1 is 0.481 bits per heavy atom. The van der Waals surface area contributed by atoms with E-state index in [1.807, 2.05) is 30.3 Å². The van der Waals surface area contributed by atoms with Gasteiger partial charge in [-0.25, -0.2) is 15.0 Å². The lowest BCUT2D eigenvalue weighted by atomic mass is 9.99. The Bertz CT molecular complexity index is 3190. The molecule has 0 unspecified atom stereocenters. The molecule has 0 saturated carbocycles. The molecule has 0 atom stereocenters. The fourth-order valence-corrected chi connectivity index (χ4v) is 8.08. The predicted molar refractivity (Wildman–Crippen MR) is 213 cm³/mol. The highest BCUT2D eigenvalue weighted by Crippen LogP contribution is 2.39. The third-order valence-corrected chi connectivity index (χ3v) is 10.4. The smallest absolute Gasteiger partial charge is 0.164 e. The van der Waals surface area contributed by atoms with Crippen molar-refractivity contribution >= 4 is 66.5 Å². The fourth-order valence-electron chi connectivity index (χ4n) is 8.08. The zero-order chi connectivity index (χ0) is 34.2. The molecule has 0 spiro atoms. The summed E-state index contributed by atoms with van der Waals surface area (Å²) >= 11 is 0. The number of furan rings is 1. The van der Waals surface area contributed by atoms with E-state index in [0.29, 0.717) is 17.5 Å². The number of aromatic nitrogens is 4. The van der Waals surface area contributed by atoms with E-state index in [1.54, 1.807) is 0 Å². The van der Waals surface area contributed by atoms with Crippen LogP contribution in [0.15, 0.2) is 150 Å². The lowest BCUT2D eigenvalue weighted by Crippen LogP contribution is -2.30. The molecular weight excluding hydrogens is 637 g/mol. The topological polar surface area (TPSA) is 56.7 Å². The number of para-hydroxylation sites is 1. The second kappa shape index (κ2) is 11.3. The second-order valence-corrected chi connectivity index (χ2v) is 13.5. The average Bonchev–Trinajstić information content (AvgIpc) is 3.77. The summed E-state index contributed by atoms with van der Waals surface area (Å²) in [6, 6.07) is 50.8. The molecule has 244 valence electrons. The summed E-state index contributed by atoms with van der Waals surface area (Å²) < 4.78 is 8.86. The van der Waals surface area contributed by atoms with Gasteiger partial charge in [0.15, 0.2) is 17.5 Å². The lowest BCUT2D eigenvalue weighted by Gasteiger charge is -2.13. The van der Waals surface area contributed by atoms with E-state index in [4.69, 9.17) is 19.4 Å². The molecule has 1 aliphatic carbocycles. The Hall–Kier alpha value is -6.85. The molecule has 10 aromatic rings. The molecule has 5 heteroatoms. The Balaban J connectivity index is 1.17. The van der Waals surface area contributed by atoms with E-state index in [0.717, 1.165) is 67.9 Å². The summed E-state index contributed by atoms with van der Waals surface area (Å²) in [5.41, 5.74) is 6.83. The van der Waals surface area contributed by atoms with E-state index >= 15 is 0 Å². The minimum absolute atomic E-state index is 0.621. The van der Waals surface area contributed by atoms with Gasteiger partial charge in [-0.3, -0.25) is 0 Å². The van der Waals surface area contributed by atoms with Crippen molar-refractivity contribution < 1.29 is 4.42 Å². The van der Waals surface area contributed by atoms with Crippen LogP contribution in [0.1, 0.15) is 12.8 Å². The van der Waals surface area contributed by atoms with Crippen LogP contribution < -0.4 is 10.6 Å². The van der Waals surface area contributed by atoms with Crippen molar-refractivity contribution in [3.05, 3.63) is 156 Å². The van der Waals surface area contributed by atoms with Crippen LogP contribution in [0, 0.1) is 0 Å². The molecule has 11 rings (SSSR count). The van der Waals surface area contributed by atoms with Gasteiger partial charge in [-0.15, -0.1) is 0 Å². The van der Waals surface area contributed by atoms with Crippen LogP contribution in [-0.4, -0.2) is 19.5 Å². The van der Waals surface area contributed by atoms with Crippen molar-refractivity contribution in [2.45, 2.75) is 12.8 Å². The molecule has 0 radical (unpaired) electrons. The quantitative estimate of drug-likeness (QED) is 0.188. The molecule has 3 heterocycles. The Labute approximate surface area is 298 Å². The van der Waals surface area contributed by atoms with Crippen molar-refractivity contribution in [2.24, 2.45) is 0 Å². The monoisotopic (exact) mass is 666 g/mol. The fraction of sp³-hybridized carbons (Fsp3) is 0.0426. The van der Waals surface area contributed by atoms with Crippen LogP contribution in [0.4, 0.5) is 0 Å². The van der Waals surface area contributed by atoms with E-state index in [2.05, 4.69) is 132 Å². The zero-order valence-electron chi connectivity index (χ0n) is 28.1. The highest BCUT2D eigenvalue weighted by molar-refractivity contribution is 6.18. The van der Waals surface area contributed by atoms with Crippen LogP contribution in [0.25, 0.3) is 106 Å². The first kappa shape index (κ1) is 28.9. The van der Waals surface area contributed by atoms with Gasteiger partial charge in [-0.2, -0.15) is 0 Å². The number of benzene rings is 7. The van der Waals surface area contributed by atoms with Gasteiger partial charge in [0, 0.05) is 59.9 Å². The van der Waals surface area contributed by atoms with Crippen molar-refractivity contribution in [1.29, 1.82) is 0 Å². The molecule has 0 saturated heterocycles. The number of nitrogens with zero attached hydrogens (tertiary/aromatic N) is 4. The van der Waals surface area contributed by atoms with E-state index in [-0.39, 0.29) is 0 Å². The van der Waals surface area contributed by atoms with Gasteiger partial charge < -0.3 is 8.98 Å². The number of hydrogen-bond donors (Lipinski definition) is 0. The summed E-state index contributed by atoms with van der Waals surface area (Å²) in [7, 11) is 0. The largest absolute Gasteiger partial charge is 0.455 e. The minimum Gasteiger partial charge on any atom is -0.455 e. The first-order chi connectivity index (χ1) is 25.8. The van der Waals surface area contributed by atoms with Gasteiger partial charge in [0.05, 0.1) is 5.52 Å². The number of rotatable bonds is 4. The van der Waals surface area contributed by atoms with E-state index in [1.165, 1.54) is 32.2 Å². The van der Waals surface area contributed by atoms with Crippen LogP contribution in [0.3, 0.4) is 0 Å². The maximum absolute atomic E-state index is 6.43. The van der Waals surface area contributed by atoms with Crippen LogP contribution >= 0.6 is 0 Å². The molecule has 5 nitrogen and oxygen atoms in total. The predicted octanol–water partition coefficient (Wildman–Crippen LogP) is 10.4. The SMILES string of the molecule is C1=c2c(n(-c3cccc(-c4nc(-c5ccccc5)nc(-c5cc6c7ccccc7oc6c6ccccc56)n4)c3)c3c2ccc2ccccc23)=CCC1. The van der Waals surface area contributed by atoms with Gasteiger partial charge in [0.1, 0.15) is 11.2 Å². The Kier molecular flexibility index (Phi) is 6.31. The molecule has 3 aromatic heterocycles. The van der Waals surface area contributed by atoms with Gasteiger partial charge in [-0.05, 0) is 47.9 Å². The molecule has 0 fully saturated rings. The van der Waals surface area contributed by atoms with Crippen LogP contribution in [-0.2, 0) is 0 Å². The molecule has 52 heavy (non-hydrogen) atoms. The van der Waals surface area contributed by atoms with Crippen molar-refractivity contribution in [3.8, 4) is 39.9 Å². The zero-order valence-corrected chi connectivity index (χ0v) is 28.1. The van der Waals surface area contributed by atoms with E-state index < -0.39 is 0 Å². The normalized spacial score (nSPS) is 12.8. The standard InChI is InChI=1S/C47H30N4O/c1-2-14-30(15-3-1)45-48-46(50-47(49-45)40-28-39-36-21-9-11-24-42(36)52-44(39)38-22-7-6-19-34(38)40)31-16-12-17-32(27-31)51-41-23-10-8-20-35(41)37-26-25-29-13-4-5-18-33(29)43(37)51/h1-7,9,11-28H,8,10H2. The molecule has 0 amide bonds. The summed E-state index contributed by atoms with van der Waals surface area (Å²) in [5.74, 6) is 1.87. The summed E-state index contributed by atoms with van der Waals surface area (Å²) in [5, 5.41) is 10.5. The molecule has 0 N–H and O–H groups in total. The maximum atomic E-state index is 6.43. The molecule has 0 bridgehead atoms. The first-order valence-corrected chi connectivity index (χ1v) is 17.8. The molecule has 0 aliphatic heterocycles. The van der Waals surface area contributed by atoms with Gasteiger partial charge in [-0.1, -0.05) is 133 Å². The third kappa shape index (κ3) is 4.39. The Morgan fingerprint density at radius 3 is 2.06 bits per heavy atom. The highest BCUT2D eigenvalue weighted by Gasteiger charge is 2.20. The number of fused-ring (bicyclic) bond motifs is 10. The van der Waals surface area contributed by atoms with Crippen LogP contribution in [0.2, 0.25) is 0 Å². The average molecular weight is 667 g/mol. The van der Waals surface area contributed by atoms with E-state index in [9.17, 15) is 0 Å². The molecular formula is C47H30N4O. The number of hydrogen-bond acceptors (Lipinski definition) is 4. The Morgan fingerprint density at radius 2 is 1.17 bits per heavy atom.